The highest BCUT2D eigenvalue weighted by atomic mass is 16.2. The number of carbonyl (C=O) groups excluding carboxylic acids is 1. The fourth-order valence-electron chi connectivity index (χ4n) is 3.33. The predicted molar refractivity (Wildman–Crippen MR) is 90.3 cm³/mol. The predicted octanol–water partition coefficient (Wildman–Crippen LogP) is 2.98. The number of hydrogen-bond acceptors (Lipinski definition) is 2. The molecule has 2 N–H and O–H groups in total. The minimum atomic E-state index is -0.0218. The first kappa shape index (κ1) is 15.6. The molecule has 0 fully saturated rings. The molecule has 2 atom stereocenters. The average Bonchev–Trinajstić information content (AvgIpc) is 3.12. The summed E-state index contributed by atoms with van der Waals surface area (Å²) in [6, 6.07) is 10.6. The Hall–Kier alpha value is -2.30. The second kappa shape index (κ2) is 6.44. The number of nitrogens with zero attached hydrogens (tertiary/aromatic N) is 2. The van der Waals surface area contributed by atoms with E-state index < -0.39 is 0 Å². The molecule has 0 saturated heterocycles. The van der Waals surface area contributed by atoms with Crippen molar-refractivity contribution in [1.82, 2.24) is 20.4 Å². The lowest BCUT2D eigenvalue weighted by Crippen LogP contribution is -2.43. The molecule has 2 aromatic rings. The zero-order chi connectivity index (χ0) is 16.4. The van der Waals surface area contributed by atoms with Gasteiger partial charge in [0.15, 0.2) is 0 Å². The SMILES string of the molecule is Cc1cc(CC(C)NC(=O)N(C)C2CCc3ccccc32)n[nH]1. The smallest absolute Gasteiger partial charge is 0.317 e. The Balaban J connectivity index is 1.60. The van der Waals surface area contributed by atoms with E-state index >= 15 is 0 Å². The minimum absolute atomic E-state index is 0.0218. The highest BCUT2D eigenvalue weighted by molar-refractivity contribution is 5.75. The molecule has 2 amide bonds. The maximum atomic E-state index is 12.5. The second-order valence-electron chi connectivity index (χ2n) is 6.46. The van der Waals surface area contributed by atoms with E-state index in [9.17, 15) is 4.79 Å². The molecule has 0 bridgehead atoms. The number of carbonyl (C=O) groups is 1. The summed E-state index contributed by atoms with van der Waals surface area (Å²) >= 11 is 0. The van der Waals surface area contributed by atoms with Crippen molar-refractivity contribution in [3.05, 3.63) is 52.8 Å². The lowest BCUT2D eigenvalue weighted by atomic mass is 10.1. The molecular weight excluding hydrogens is 288 g/mol. The van der Waals surface area contributed by atoms with E-state index in [0.29, 0.717) is 0 Å². The van der Waals surface area contributed by atoms with Gasteiger partial charge < -0.3 is 10.2 Å². The van der Waals surface area contributed by atoms with E-state index in [-0.39, 0.29) is 18.1 Å². The molecule has 1 aliphatic carbocycles. The quantitative estimate of drug-likeness (QED) is 0.912. The van der Waals surface area contributed by atoms with Crippen molar-refractivity contribution in [2.45, 2.75) is 45.2 Å². The number of aromatic nitrogens is 2. The summed E-state index contributed by atoms with van der Waals surface area (Å²) in [5.74, 6) is 0. The molecule has 5 nitrogen and oxygen atoms in total. The van der Waals surface area contributed by atoms with E-state index in [0.717, 1.165) is 30.7 Å². The van der Waals surface area contributed by atoms with Gasteiger partial charge in [0.25, 0.3) is 0 Å². The van der Waals surface area contributed by atoms with Gasteiger partial charge in [-0.05, 0) is 43.9 Å². The van der Waals surface area contributed by atoms with E-state index in [2.05, 4.69) is 33.7 Å². The van der Waals surface area contributed by atoms with Gasteiger partial charge in [0, 0.05) is 25.2 Å². The Morgan fingerprint density at radius 1 is 1.48 bits per heavy atom. The van der Waals surface area contributed by atoms with Crippen molar-refractivity contribution < 1.29 is 4.79 Å². The van der Waals surface area contributed by atoms with E-state index in [1.54, 1.807) is 0 Å². The molecule has 0 saturated carbocycles. The number of amides is 2. The van der Waals surface area contributed by atoms with E-state index in [1.165, 1.54) is 11.1 Å². The number of fused-ring (bicyclic) bond motifs is 1. The number of hydrogen-bond donors (Lipinski definition) is 2. The van der Waals surface area contributed by atoms with Crippen LogP contribution in [0, 0.1) is 6.92 Å². The number of urea groups is 1. The van der Waals surface area contributed by atoms with Crippen LogP contribution in [0.4, 0.5) is 4.79 Å². The highest BCUT2D eigenvalue weighted by Crippen LogP contribution is 2.34. The first-order chi connectivity index (χ1) is 11.0. The molecule has 1 aromatic carbocycles. The third-order valence-electron chi connectivity index (χ3n) is 4.53. The van der Waals surface area contributed by atoms with Crippen LogP contribution in [0.1, 0.15) is 41.9 Å². The molecule has 5 heteroatoms. The van der Waals surface area contributed by atoms with E-state index in [1.807, 2.05) is 37.9 Å². The summed E-state index contributed by atoms with van der Waals surface area (Å²) in [6.07, 6.45) is 2.77. The maximum Gasteiger partial charge on any atom is 0.317 e. The van der Waals surface area contributed by atoms with Crippen LogP contribution in [-0.4, -0.2) is 34.2 Å². The summed E-state index contributed by atoms with van der Waals surface area (Å²) in [5, 5.41) is 10.2. The van der Waals surface area contributed by atoms with Crippen molar-refractivity contribution in [2.75, 3.05) is 7.05 Å². The van der Waals surface area contributed by atoms with Gasteiger partial charge in [-0.2, -0.15) is 5.10 Å². The Bertz CT molecular complexity index is 694. The van der Waals surface area contributed by atoms with Gasteiger partial charge >= 0.3 is 6.03 Å². The van der Waals surface area contributed by atoms with Crippen LogP contribution in [0.5, 0.6) is 0 Å². The molecule has 1 heterocycles. The van der Waals surface area contributed by atoms with Crippen LogP contribution in [-0.2, 0) is 12.8 Å². The largest absolute Gasteiger partial charge is 0.335 e. The first-order valence-electron chi connectivity index (χ1n) is 8.16. The van der Waals surface area contributed by atoms with Crippen LogP contribution >= 0.6 is 0 Å². The lowest BCUT2D eigenvalue weighted by molar-refractivity contribution is 0.187. The molecule has 0 aliphatic heterocycles. The molecule has 23 heavy (non-hydrogen) atoms. The van der Waals surface area contributed by atoms with Crippen molar-refractivity contribution in [2.24, 2.45) is 0 Å². The monoisotopic (exact) mass is 312 g/mol. The molecule has 1 aliphatic rings. The third-order valence-corrected chi connectivity index (χ3v) is 4.53. The fraction of sp³-hybridized carbons (Fsp3) is 0.444. The number of rotatable bonds is 4. The summed E-state index contributed by atoms with van der Waals surface area (Å²) in [5.41, 5.74) is 4.65. The second-order valence-corrected chi connectivity index (χ2v) is 6.46. The normalized spacial score (nSPS) is 17.6. The fourth-order valence-corrected chi connectivity index (χ4v) is 3.33. The Kier molecular flexibility index (Phi) is 4.37. The number of benzene rings is 1. The summed E-state index contributed by atoms with van der Waals surface area (Å²) in [7, 11) is 1.88. The van der Waals surface area contributed by atoms with Gasteiger partial charge in [0.05, 0.1) is 11.7 Å². The summed E-state index contributed by atoms with van der Waals surface area (Å²) < 4.78 is 0. The van der Waals surface area contributed by atoms with Crippen LogP contribution in [0.2, 0.25) is 0 Å². The zero-order valence-corrected chi connectivity index (χ0v) is 14.0. The van der Waals surface area contributed by atoms with Crippen LogP contribution in [0.3, 0.4) is 0 Å². The topological polar surface area (TPSA) is 61.0 Å². The average molecular weight is 312 g/mol. The highest BCUT2D eigenvalue weighted by Gasteiger charge is 2.28. The van der Waals surface area contributed by atoms with Crippen molar-refractivity contribution in [3.8, 4) is 0 Å². The lowest BCUT2D eigenvalue weighted by Gasteiger charge is -2.27. The van der Waals surface area contributed by atoms with Gasteiger partial charge in [0.2, 0.25) is 0 Å². The molecule has 122 valence electrons. The Morgan fingerprint density at radius 2 is 2.26 bits per heavy atom. The first-order valence-corrected chi connectivity index (χ1v) is 8.16. The molecule has 0 spiro atoms. The molecule has 0 radical (unpaired) electrons. The summed E-state index contributed by atoms with van der Waals surface area (Å²) in [4.78, 5) is 14.4. The summed E-state index contributed by atoms with van der Waals surface area (Å²) in [6.45, 7) is 3.99. The van der Waals surface area contributed by atoms with Crippen LogP contribution in [0.15, 0.2) is 30.3 Å². The number of aromatic amines is 1. The molecule has 2 unspecified atom stereocenters. The Labute approximate surface area is 137 Å². The van der Waals surface area contributed by atoms with Gasteiger partial charge in [-0.25, -0.2) is 4.79 Å². The van der Waals surface area contributed by atoms with Gasteiger partial charge in [-0.15, -0.1) is 0 Å². The van der Waals surface area contributed by atoms with Gasteiger partial charge in [-0.3, -0.25) is 5.10 Å². The van der Waals surface area contributed by atoms with Crippen molar-refractivity contribution >= 4 is 6.03 Å². The molecular formula is C18H24N4O. The Morgan fingerprint density at radius 3 is 3.00 bits per heavy atom. The minimum Gasteiger partial charge on any atom is -0.335 e. The van der Waals surface area contributed by atoms with Crippen molar-refractivity contribution in [1.29, 1.82) is 0 Å². The van der Waals surface area contributed by atoms with Gasteiger partial charge in [0.1, 0.15) is 0 Å². The van der Waals surface area contributed by atoms with Gasteiger partial charge in [-0.1, -0.05) is 24.3 Å². The zero-order valence-electron chi connectivity index (χ0n) is 14.0. The van der Waals surface area contributed by atoms with Crippen LogP contribution in [0.25, 0.3) is 0 Å². The number of nitrogens with one attached hydrogen (secondary N) is 2. The van der Waals surface area contributed by atoms with Crippen molar-refractivity contribution in [3.63, 3.8) is 0 Å². The number of H-pyrrole nitrogens is 1. The number of aryl methyl sites for hydroxylation is 2. The molecule has 1 aromatic heterocycles. The third kappa shape index (κ3) is 3.38. The standard InChI is InChI=1S/C18H24N4O/c1-12(10-15-11-13(2)20-21-15)19-18(23)22(3)17-9-8-14-6-4-5-7-16(14)17/h4-7,11-12,17H,8-10H2,1-3H3,(H,19,23)(H,20,21). The molecule has 3 rings (SSSR count). The maximum absolute atomic E-state index is 12.5. The van der Waals surface area contributed by atoms with E-state index in [4.69, 9.17) is 0 Å². The van der Waals surface area contributed by atoms with Crippen LogP contribution < -0.4 is 5.32 Å².